The first kappa shape index (κ1) is 42.1. The second kappa shape index (κ2) is 14.3. The third kappa shape index (κ3) is 6.12. The van der Waals surface area contributed by atoms with Crippen molar-refractivity contribution in [3.05, 3.63) is 23.3 Å². The predicted molar refractivity (Wildman–Crippen MR) is 199 cm³/mol. The van der Waals surface area contributed by atoms with Crippen LogP contribution in [0.15, 0.2) is 23.3 Å². The first-order valence-electron chi connectivity index (χ1n) is 20.6. The molecule has 7 aliphatic rings. The van der Waals surface area contributed by atoms with Gasteiger partial charge in [0.15, 0.2) is 12.6 Å². The van der Waals surface area contributed by atoms with Gasteiger partial charge in [0.05, 0.1) is 38.1 Å². The Bertz CT molecular complexity index is 1500. The van der Waals surface area contributed by atoms with E-state index in [-0.39, 0.29) is 46.7 Å². The molecule has 13 heteroatoms. The minimum atomic E-state index is -1.73. The number of aliphatic hydroxyl groups excluding tert-OH is 9. The molecule has 0 radical (unpaired) electrons. The molecule has 9 N–H and O–H groups in total. The number of hydrogen-bond donors (Lipinski definition) is 9. The molecule has 3 saturated carbocycles. The lowest BCUT2D eigenvalue weighted by Crippen LogP contribution is -2.67. The van der Waals surface area contributed by atoms with Crippen molar-refractivity contribution < 1.29 is 64.9 Å². The number of hydrogen-bond acceptors (Lipinski definition) is 13. The highest BCUT2D eigenvalue weighted by Crippen LogP contribution is 2.74. The van der Waals surface area contributed by atoms with Crippen molar-refractivity contribution in [2.45, 2.75) is 173 Å². The van der Waals surface area contributed by atoms with Crippen LogP contribution in [0.2, 0.25) is 0 Å². The number of allylic oxidation sites excluding steroid dienone is 3. The molecule has 13 nitrogen and oxygen atoms in total. The Morgan fingerprint density at radius 3 is 2.09 bits per heavy atom. The highest BCUT2D eigenvalue weighted by molar-refractivity contribution is 5.47. The van der Waals surface area contributed by atoms with Crippen LogP contribution in [0.3, 0.4) is 0 Å². The highest BCUT2D eigenvalue weighted by atomic mass is 16.7. The molecule has 5 fully saturated rings. The van der Waals surface area contributed by atoms with Crippen molar-refractivity contribution in [2.24, 2.45) is 44.3 Å². The van der Waals surface area contributed by atoms with E-state index in [9.17, 15) is 46.0 Å². The number of rotatable bonds is 7. The summed E-state index contributed by atoms with van der Waals surface area (Å²) in [6.07, 6.45) is -4.63. The van der Waals surface area contributed by atoms with Crippen LogP contribution in [0.25, 0.3) is 0 Å². The SMILES string of the molecule is C[C@H]1O[C@@H](O[C@H]2CC[C@@]3(C)C(CC[C@]4(C)[C@@H]3C=CC3=C5CC(C)(C)CC[C@]5(CO)[C@H](O)C[C@@]34C)[C@]2(C)CO)[C@H](O)[C@@H](O[C@@H]2O[C@H](CO)[C@@H](O)[C@@H](O)[C@@H]2O)[C@H]1O. The third-order valence-electron chi connectivity index (χ3n) is 16.8. The van der Waals surface area contributed by atoms with E-state index in [4.69, 9.17) is 18.9 Å². The van der Waals surface area contributed by atoms with Gasteiger partial charge in [-0.15, -0.1) is 0 Å². The molecule has 314 valence electrons. The molecule has 5 aliphatic carbocycles. The molecule has 1 unspecified atom stereocenters. The van der Waals surface area contributed by atoms with E-state index in [1.807, 2.05) is 6.92 Å². The summed E-state index contributed by atoms with van der Waals surface area (Å²) in [5.41, 5.74) is 0.476. The van der Waals surface area contributed by atoms with Crippen LogP contribution >= 0.6 is 0 Å². The molecule has 0 aromatic carbocycles. The van der Waals surface area contributed by atoms with Crippen LogP contribution in [-0.2, 0) is 18.9 Å². The average molecular weight is 781 g/mol. The molecular weight excluding hydrogens is 712 g/mol. The van der Waals surface area contributed by atoms with Crippen molar-refractivity contribution in [2.75, 3.05) is 19.8 Å². The maximum atomic E-state index is 12.0. The fourth-order valence-corrected chi connectivity index (χ4v) is 13.0. The van der Waals surface area contributed by atoms with E-state index in [0.29, 0.717) is 12.8 Å². The molecule has 19 atom stereocenters. The van der Waals surface area contributed by atoms with Gasteiger partial charge in [0.25, 0.3) is 0 Å². The lowest BCUT2D eigenvalue weighted by atomic mass is 9.35. The van der Waals surface area contributed by atoms with E-state index in [1.54, 1.807) is 6.92 Å². The summed E-state index contributed by atoms with van der Waals surface area (Å²) >= 11 is 0. The van der Waals surface area contributed by atoms with Crippen molar-refractivity contribution in [1.29, 1.82) is 0 Å². The maximum absolute atomic E-state index is 12.0. The zero-order valence-corrected chi connectivity index (χ0v) is 33.7. The van der Waals surface area contributed by atoms with Gasteiger partial charge in [0.2, 0.25) is 0 Å². The van der Waals surface area contributed by atoms with Gasteiger partial charge in [0, 0.05) is 16.2 Å². The van der Waals surface area contributed by atoms with Crippen LogP contribution in [0, 0.1) is 44.3 Å². The predicted octanol–water partition coefficient (Wildman–Crippen LogP) is 1.68. The van der Waals surface area contributed by atoms with E-state index in [0.717, 1.165) is 38.5 Å². The molecule has 0 aromatic heterocycles. The summed E-state index contributed by atoms with van der Waals surface area (Å²) in [5.74, 6) is 0.154. The second-order valence-corrected chi connectivity index (χ2v) is 20.3. The first-order valence-corrected chi connectivity index (χ1v) is 20.6. The van der Waals surface area contributed by atoms with Crippen molar-refractivity contribution in [1.82, 2.24) is 0 Å². The van der Waals surface area contributed by atoms with E-state index >= 15 is 0 Å². The smallest absolute Gasteiger partial charge is 0.187 e. The van der Waals surface area contributed by atoms with Gasteiger partial charge in [0.1, 0.15) is 42.7 Å². The fourth-order valence-electron chi connectivity index (χ4n) is 13.0. The number of ether oxygens (including phenoxy) is 4. The molecule has 55 heavy (non-hydrogen) atoms. The molecule has 0 aromatic rings. The van der Waals surface area contributed by atoms with Crippen LogP contribution in [0.5, 0.6) is 0 Å². The zero-order valence-electron chi connectivity index (χ0n) is 33.7. The van der Waals surface area contributed by atoms with Gasteiger partial charge in [-0.3, -0.25) is 0 Å². The van der Waals surface area contributed by atoms with E-state index < -0.39 is 91.1 Å². The Morgan fingerprint density at radius 1 is 0.745 bits per heavy atom. The molecule has 0 spiro atoms. The third-order valence-corrected chi connectivity index (χ3v) is 16.8. The van der Waals surface area contributed by atoms with Crippen molar-refractivity contribution >= 4 is 0 Å². The molecule has 2 heterocycles. The lowest BCUT2D eigenvalue weighted by Gasteiger charge is -2.70. The average Bonchev–Trinajstić information content (AvgIpc) is 3.13. The summed E-state index contributed by atoms with van der Waals surface area (Å²) in [4.78, 5) is 0. The summed E-state index contributed by atoms with van der Waals surface area (Å²) < 4.78 is 24.0. The fraction of sp³-hybridized carbons (Fsp3) is 0.905. The Kier molecular flexibility index (Phi) is 11.0. The quantitative estimate of drug-likeness (QED) is 0.168. The van der Waals surface area contributed by atoms with Gasteiger partial charge >= 0.3 is 0 Å². The summed E-state index contributed by atoms with van der Waals surface area (Å²) in [5, 5.41) is 97.6. The maximum Gasteiger partial charge on any atom is 0.187 e. The van der Waals surface area contributed by atoms with Crippen LogP contribution in [0.1, 0.15) is 99.8 Å². The van der Waals surface area contributed by atoms with Gasteiger partial charge in [-0.05, 0) is 91.9 Å². The van der Waals surface area contributed by atoms with Crippen molar-refractivity contribution in [3.63, 3.8) is 0 Å². The second-order valence-electron chi connectivity index (χ2n) is 20.3. The summed E-state index contributed by atoms with van der Waals surface area (Å²) in [6.45, 7) is 14.4. The van der Waals surface area contributed by atoms with Crippen LogP contribution in [-0.4, -0.2) is 139 Å². The Morgan fingerprint density at radius 2 is 1.44 bits per heavy atom. The van der Waals surface area contributed by atoms with E-state index in [2.05, 4.69) is 46.8 Å². The Hall–Kier alpha value is -1.04. The van der Waals surface area contributed by atoms with Gasteiger partial charge < -0.3 is 64.9 Å². The molecular formula is C42H68O13. The molecule has 2 saturated heterocycles. The number of fused-ring (bicyclic) bond motifs is 6. The highest BCUT2D eigenvalue weighted by Gasteiger charge is 2.69. The molecule has 0 amide bonds. The normalized spacial score (nSPS) is 54.9. The Labute approximate surface area is 325 Å². The summed E-state index contributed by atoms with van der Waals surface area (Å²) in [7, 11) is 0. The zero-order chi connectivity index (χ0) is 40.3. The first-order chi connectivity index (χ1) is 25.7. The van der Waals surface area contributed by atoms with Gasteiger partial charge in [-0.1, -0.05) is 59.3 Å². The minimum Gasteiger partial charge on any atom is -0.396 e. The minimum absolute atomic E-state index is 0.0212. The van der Waals surface area contributed by atoms with Gasteiger partial charge in [-0.25, -0.2) is 0 Å². The summed E-state index contributed by atoms with van der Waals surface area (Å²) in [6, 6.07) is 0. The van der Waals surface area contributed by atoms with Crippen molar-refractivity contribution in [3.8, 4) is 0 Å². The van der Waals surface area contributed by atoms with Crippen LogP contribution < -0.4 is 0 Å². The Balaban J connectivity index is 1.15. The number of aliphatic hydroxyl groups is 9. The van der Waals surface area contributed by atoms with E-state index in [1.165, 1.54) is 11.1 Å². The van der Waals surface area contributed by atoms with Gasteiger partial charge in [-0.2, -0.15) is 0 Å². The molecule has 7 rings (SSSR count). The molecule has 0 bridgehead atoms. The molecule has 2 aliphatic heterocycles. The van der Waals surface area contributed by atoms with Crippen LogP contribution in [0.4, 0.5) is 0 Å². The standard InChI is InChI=1S/C42H68O13/c1-21-29(47)34(55-35-32(50)31(49)30(48)24(18-43)53-35)33(51)36(52-21)54-28-11-12-38(4)25(39(28,5)19-44)10-13-40(6)26(38)9-8-22-23-16-37(2,3)14-15-42(23,20-45)27(46)17-41(22,40)7/h8-9,21,24-36,43-51H,10-20H2,1-7H3/t21-,24-,25?,26-,27-,28+,29+,30-,31-,32+,33-,34+,35+,36+,38+,39+,40-,41+,42-/m1/s1. The lowest BCUT2D eigenvalue weighted by molar-refractivity contribution is -0.367. The largest absolute Gasteiger partial charge is 0.396 e. The topological polar surface area (TPSA) is 219 Å². The monoisotopic (exact) mass is 780 g/mol.